The number of amides is 2. The summed E-state index contributed by atoms with van der Waals surface area (Å²) in [5.74, 6) is 0.618. The number of urea groups is 1. The number of nitrogens with zero attached hydrogens (tertiary/aromatic N) is 1. The van der Waals surface area contributed by atoms with Crippen molar-refractivity contribution in [1.29, 1.82) is 0 Å². The van der Waals surface area contributed by atoms with Crippen LogP contribution in [-0.4, -0.2) is 18.8 Å². The van der Waals surface area contributed by atoms with Crippen LogP contribution in [0, 0.1) is 5.92 Å². The molecule has 1 rings (SSSR count). The van der Waals surface area contributed by atoms with E-state index in [2.05, 4.69) is 15.8 Å². The predicted octanol–water partition coefficient (Wildman–Crippen LogP) is 0.701. The maximum Gasteiger partial charge on any atom is 0.334 e. The Morgan fingerprint density at radius 1 is 1.55 bits per heavy atom. The largest absolute Gasteiger partial charge is 0.340 e. The van der Waals surface area contributed by atoms with Crippen molar-refractivity contribution < 1.29 is 4.79 Å². The van der Waals surface area contributed by atoms with E-state index in [1.54, 1.807) is 7.05 Å². The normalized spacial score (nSPS) is 17.8. The summed E-state index contributed by atoms with van der Waals surface area (Å²) >= 11 is 0. The summed E-state index contributed by atoms with van der Waals surface area (Å²) in [6.45, 7) is 1.94. The number of rotatable bonds is 2. The van der Waals surface area contributed by atoms with E-state index in [1.807, 2.05) is 6.92 Å². The molecule has 0 aliphatic heterocycles. The average molecular weight is 155 g/mol. The summed E-state index contributed by atoms with van der Waals surface area (Å²) in [5.41, 5.74) is 3.41. The SMILES string of the molecule is CNC(=O)N/N=C(\C)C1CC1. The van der Waals surface area contributed by atoms with Crippen LogP contribution in [0.3, 0.4) is 0 Å². The Hall–Kier alpha value is -1.06. The van der Waals surface area contributed by atoms with Gasteiger partial charge in [-0.3, -0.25) is 0 Å². The van der Waals surface area contributed by atoms with Crippen molar-refractivity contribution in [3.05, 3.63) is 0 Å². The van der Waals surface area contributed by atoms with E-state index in [4.69, 9.17) is 0 Å². The molecule has 2 N–H and O–H groups in total. The van der Waals surface area contributed by atoms with E-state index >= 15 is 0 Å². The highest BCUT2D eigenvalue weighted by Crippen LogP contribution is 2.29. The van der Waals surface area contributed by atoms with Crippen LogP contribution in [0.25, 0.3) is 0 Å². The fraction of sp³-hybridized carbons (Fsp3) is 0.714. The van der Waals surface area contributed by atoms with Gasteiger partial charge in [0.25, 0.3) is 0 Å². The lowest BCUT2D eigenvalue weighted by Gasteiger charge is -1.98. The third kappa shape index (κ3) is 2.57. The quantitative estimate of drug-likeness (QED) is 0.447. The Morgan fingerprint density at radius 3 is 2.64 bits per heavy atom. The molecule has 2 amide bonds. The molecule has 0 spiro atoms. The number of carbonyl (C=O) groups excluding carboxylic acids is 1. The highest BCUT2D eigenvalue weighted by molar-refractivity contribution is 5.87. The zero-order valence-corrected chi connectivity index (χ0v) is 6.85. The van der Waals surface area contributed by atoms with Gasteiger partial charge in [-0.15, -0.1) is 0 Å². The second-order valence-electron chi connectivity index (χ2n) is 2.72. The van der Waals surface area contributed by atoms with E-state index in [-0.39, 0.29) is 6.03 Å². The van der Waals surface area contributed by atoms with Crippen LogP contribution in [0.15, 0.2) is 5.10 Å². The van der Waals surface area contributed by atoms with Crippen molar-refractivity contribution in [2.45, 2.75) is 19.8 Å². The van der Waals surface area contributed by atoms with Crippen LogP contribution in [0.2, 0.25) is 0 Å². The third-order valence-electron chi connectivity index (χ3n) is 1.73. The van der Waals surface area contributed by atoms with Crippen LogP contribution in [-0.2, 0) is 0 Å². The van der Waals surface area contributed by atoms with Crippen molar-refractivity contribution in [2.75, 3.05) is 7.05 Å². The molecule has 0 unspecified atom stereocenters. The molecule has 0 aromatic rings. The summed E-state index contributed by atoms with van der Waals surface area (Å²) in [6.07, 6.45) is 2.43. The molecular formula is C7H13N3O. The molecule has 1 aliphatic rings. The highest BCUT2D eigenvalue weighted by atomic mass is 16.2. The molecule has 4 nitrogen and oxygen atoms in total. The first-order chi connectivity index (χ1) is 5.24. The Morgan fingerprint density at radius 2 is 2.18 bits per heavy atom. The van der Waals surface area contributed by atoms with Crippen molar-refractivity contribution in [2.24, 2.45) is 11.0 Å². The minimum Gasteiger partial charge on any atom is -0.340 e. The molecule has 1 aliphatic carbocycles. The van der Waals surface area contributed by atoms with Gasteiger partial charge < -0.3 is 5.32 Å². The smallest absolute Gasteiger partial charge is 0.334 e. The topological polar surface area (TPSA) is 53.5 Å². The predicted molar refractivity (Wildman–Crippen MR) is 43.4 cm³/mol. The van der Waals surface area contributed by atoms with Gasteiger partial charge in [-0.2, -0.15) is 5.10 Å². The van der Waals surface area contributed by atoms with Gasteiger partial charge >= 0.3 is 6.03 Å². The number of hydrogen-bond donors (Lipinski definition) is 2. The van der Waals surface area contributed by atoms with Crippen LogP contribution in [0.1, 0.15) is 19.8 Å². The van der Waals surface area contributed by atoms with E-state index < -0.39 is 0 Å². The second kappa shape index (κ2) is 3.37. The summed E-state index contributed by atoms with van der Waals surface area (Å²) in [7, 11) is 1.57. The van der Waals surface area contributed by atoms with E-state index in [1.165, 1.54) is 12.8 Å². The standard InChI is InChI=1S/C7H13N3O/c1-5(6-3-4-6)9-10-7(11)8-2/h6H,3-4H2,1-2H3,(H2,8,10,11)/b9-5+. The molecule has 1 fully saturated rings. The molecule has 0 atom stereocenters. The molecule has 4 heteroatoms. The van der Waals surface area contributed by atoms with Crippen LogP contribution in [0.5, 0.6) is 0 Å². The zero-order valence-electron chi connectivity index (χ0n) is 6.85. The van der Waals surface area contributed by atoms with Crippen molar-refractivity contribution >= 4 is 11.7 Å². The lowest BCUT2D eigenvalue weighted by molar-refractivity contribution is 0.243. The maximum absolute atomic E-state index is 10.6. The minimum absolute atomic E-state index is 0.259. The molecule has 0 heterocycles. The molecule has 0 saturated heterocycles. The minimum atomic E-state index is -0.259. The Balaban J connectivity index is 2.27. The number of nitrogens with one attached hydrogen (secondary N) is 2. The monoisotopic (exact) mass is 155 g/mol. The van der Waals surface area contributed by atoms with Gasteiger partial charge in [0.05, 0.1) is 0 Å². The van der Waals surface area contributed by atoms with Gasteiger partial charge in [0, 0.05) is 12.8 Å². The van der Waals surface area contributed by atoms with Crippen molar-refractivity contribution in [3.8, 4) is 0 Å². The fourth-order valence-electron chi connectivity index (χ4n) is 0.787. The first kappa shape index (κ1) is 8.04. The first-order valence-electron chi connectivity index (χ1n) is 3.76. The molecule has 11 heavy (non-hydrogen) atoms. The van der Waals surface area contributed by atoms with E-state index in [0.717, 1.165) is 5.71 Å². The van der Waals surface area contributed by atoms with E-state index in [9.17, 15) is 4.79 Å². The Labute approximate surface area is 66.0 Å². The van der Waals surface area contributed by atoms with Crippen molar-refractivity contribution in [3.63, 3.8) is 0 Å². The van der Waals surface area contributed by atoms with Gasteiger partial charge in [-0.25, -0.2) is 10.2 Å². The summed E-state index contributed by atoms with van der Waals surface area (Å²) in [4.78, 5) is 10.6. The van der Waals surface area contributed by atoms with E-state index in [0.29, 0.717) is 5.92 Å². The summed E-state index contributed by atoms with van der Waals surface area (Å²) in [6, 6.07) is -0.259. The van der Waals surface area contributed by atoms with Gasteiger partial charge in [0.2, 0.25) is 0 Å². The van der Waals surface area contributed by atoms with Gasteiger partial charge in [0.1, 0.15) is 0 Å². The van der Waals surface area contributed by atoms with Gasteiger partial charge in [0.15, 0.2) is 0 Å². The second-order valence-corrected chi connectivity index (χ2v) is 2.72. The molecule has 0 aromatic carbocycles. The Bertz CT molecular complexity index is 184. The van der Waals surface area contributed by atoms with Crippen LogP contribution < -0.4 is 10.7 Å². The fourth-order valence-corrected chi connectivity index (χ4v) is 0.787. The van der Waals surface area contributed by atoms with Crippen molar-refractivity contribution in [1.82, 2.24) is 10.7 Å². The summed E-state index contributed by atoms with van der Waals surface area (Å²) in [5, 5.41) is 6.33. The average Bonchev–Trinajstić information content (AvgIpc) is 2.81. The lowest BCUT2D eigenvalue weighted by Crippen LogP contribution is -2.29. The van der Waals surface area contributed by atoms with Gasteiger partial charge in [-0.1, -0.05) is 0 Å². The number of hydrazone groups is 1. The number of hydrogen-bond acceptors (Lipinski definition) is 2. The van der Waals surface area contributed by atoms with Crippen LogP contribution >= 0.6 is 0 Å². The van der Waals surface area contributed by atoms with Gasteiger partial charge in [-0.05, 0) is 25.7 Å². The van der Waals surface area contributed by atoms with Crippen LogP contribution in [0.4, 0.5) is 4.79 Å². The highest BCUT2D eigenvalue weighted by Gasteiger charge is 2.24. The molecule has 0 aromatic heterocycles. The molecule has 0 radical (unpaired) electrons. The lowest BCUT2D eigenvalue weighted by atomic mass is 10.3. The first-order valence-corrected chi connectivity index (χ1v) is 3.76. The third-order valence-corrected chi connectivity index (χ3v) is 1.73. The molecular weight excluding hydrogens is 142 g/mol. The molecule has 1 saturated carbocycles. The molecule has 0 bridgehead atoms. The Kier molecular flexibility index (Phi) is 2.46. The zero-order chi connectivity index (χ0) is 8.27. The molecule has 62 valence electrons. The summed E-state index contributed by atoms with van der Waals surface area (Å²) < 4.78 is 0. The maximum atomic E-state index is 10.6. The number of carbonyl (C=O) groups is 1.